The molecule has 1 aliphatic rings. The van der Waals surface area contributed by atoms with E-state index in [4.69, 9.17) is 4.74 Å². The van der Waals surface area contributed by atoms with Gasteiger partial charge in [0.2, 0.25) is 5.91 Å². The first kappa shape index (κ1) is 18.8. The largest absolute Gasteiger partial charge is 0.378 e. The Bertz CT molecular complexity index is 526. The lowest BCUT2D eigenvalue weighted by molar-refractivity contribution is -0.122. The molecule has 1 aromatic carbocycles. The molecule has 6 heteroatoms. The van der Waals surface area contributed by atoms with Gasteiger partial charge in [0.1, 0.15) is 11.6 Å². The first-order valence-electron chi connectivity index (χ1n) is 8.47. The summed E-state index contributed by atoms with van der Waals surface area (Å²) in [4.78, 5) is 13.7. The highest BCUT2D eigenvalue weighted by Gasteiger charge is 2.23. The average molecular weight is 340 g/mol. The molecule has 1 aliphatic heterocycles. The topological polar surface area (TPSA) is 41.6 Å². The molecule has 24 heavy (non-hydrogen) atoms. The Kier molecular flexibility index (Phi) is 7.12. The number of nitrogens with one attached hydrogen (secondary N) is 1. The lowest BCUT2D eigenvalue weighted by atomic mass is 10.0. The van der Waals surface area contributed by atoms with Gasteiger partial charge in [-0.25, -0.2) is 8.78 Å². The molecular weight excluding hydrogens is 314 g/mol. The second kappa shape index (κ2) is 9.08. The van der Waals surface area contributed by atoms with Crippen molar-refractivity contribution in [1.29, 1.82) is 0 Å². The third kappa shape index (κ3) is 5.24. The Balaban J connectivity index is 1.88. The maximum atomic E-state index is 14.0. The maximum Gasteiger partial charge on any atom is 0.220 e. The van der Waals surface area contributed by atoms with Gasteiger partial charge < -0.3 is 15.0 Å². The number of likely N-dealkylation sites (N-methyl/N-ethyl adjacent to an activating group) is 1. The fourth-order valence-corrected chi connectivity index (χ4v) is 3.00. The Hall–Kier alpha value is -1.53. The van der Waals surface area contributed by atoms with Gasteiger partial charge in [-0.2, -0.15) is 0 Å². The highest BCUT2D eigenvalue weighted by atomic mass is 19.1. The predicted molar refractivity (Wildman–Crippen MR) is 88.6 cm³/mol. The lowest BCUT2D eigenvalue weighted by Crippen LogP contribution is -2.36. The summed E-state index contributed by atoms with van der Waals surface area (Å²) in [6, 6.07) is 3.25. The van der Waals surface area contributed by atoms with Crippen LogP contribution < -0.4 is 5.32 Å². The van der Waals surface area contributed by atoms with Crippen molar-refractivity contribution in [3.8, 4) is 0 Å². The number of carbonyl (C=O) groups is 1. The van der Waals surface area contributed by atoms with Crippen LogP contribution in [0.3, 0.4) is 0 Å². The summed E-state index contributed by atoms with van der Waals surface area (Å²) in [5.74, 6) is -1.31. The summed E-state index contributed by atoms with van der Waals surface area (Å²) in [6.45, 7) is 0.927. The molecule has 0 aliphatic carbocycles. The molecule has 1 saturated heterocycles. The number of carbonyl (C=O) groups excluding carboxylic acids is 1. The van der Waals surface area contributed by atoms with E-state index in [1.54, 1.807) is 19.0 Å². The highest BCUT2D eigenvalue weighted by Crippen LogP contribution is 2.24. The van der Waals surface area contributed by atoms with Crippen molar-refractivity contribution in [2.75, 3.05) is 27.2 Å². The van der Waals surface area contributed by atoms with Gasteiger partial charge in [-0.3, -0.25) is 4.79 Å². The number of ether oxygens (including phenoxy) is 1. The average Bonchev–Trinajstić information content (AvgIpc) is 2.56. The Morgan fingerprint density at radius 3 is 2.62 bits per heavy atom. The number of hydrogen-bond donors (Lipinski definition) is 1. The Labute approximate surface area is 142 Å². The van der Waals surface area contributed by atoms with Gasteiger partial charge in [0.15, 0.2) is 0 Å². The molecule has 134 valence electrons. The second-order valence-electron chi connectivity index (χ2n) is 6.45. The van der Waals surface area contributed by atoms with E-state index in [1.807, 2.05) is 0 Å². The predicted octanol–water partition coefficient (Wildman–Crippen LogP) is 3.03. The molecule has 1 fully saturated rings. The molecule has 1 N–H and O–H groups in total. The van der Waals surface area contributed by atoms with Gasteiger partial charge in [-0.1, -0.05) is 6.07 Å². The molecule has 0 aromatic heterocycles. The zero-order valence-electron chi connectivity index (χ0n) is 14.4. The van der Waals surface area contributed by atoms with Crippen LogP contribution >= 0.6 is 0 Å². The van der Waals surface area contributed by atoms with E-state index >= 15 is 0 Å². The third-order valence-corrected chi connectivity index (χ3v) is 4.42. The molecule has 2 rings (SSSR count). The van der Waals surface area contributed by atoms with Gasteiger partial charge in [-0.15, -0.1) is 0 Å². The van der Waals surface area contributed by atoms with Crippen LogP contribution in [0, 0.1) is 11.6 Å². The summed E-state index contributed by atoms with van der Waals surface area (Å²) >= 11 is 0. The lowest BCUT2D eigenvalue weighted by Gasteiger charge is -2.26. The fourth-order valence-electron chi connectivity index (χ4n) is 3.00. The monoisotopic (exact) mass is 340 g/mol. The fraction of sp³-hybridized carbons (Fsp3) is 0.611. The quantitative estimate of drug-likeness (QED) is 0.829. The molecule has 1 amide bonds. The van der Waals surface area contributed by atoms with Crippen LogP contribution in [0.25, 0.3) is 0 Å². The second-order valence-corrected chi connectivity index (χ2v) is 6.45. The summed E-state index contributed by atoms with van der Waals surface area (Å²) in [7, 11) is 3.47. The molecule has 0 radical (unpaired) electrons. The van der Waals surface area contributed by atoms with E-state index in [-0.39, 0.29) is 24.1 Å². The maximum absolute atomic E-state index is 14.0. The molecule has 0 saturated carbocycles. The smallest absolute Gasteiger partial charge is 0.220 e. The summed E-state index contributed by atoms with van der Waals surface area (Å²) in [5.41, 5.74) is -0.0154. The van der Waals surface area contributed by atoms with Crippen LogP contribution in [0.15, 0.2) is 18.2 Å². The number of halogens is 2. The summed E-state index contributed by atoms with van der Waals surface area (Å²) in [5, 5.41) is 2.79. The molecule has 0 unspecified atom stereocenters. The van der Waals surface area contributed by atoms with Crippen molar-refractivity contribution in [3.05, 3.63) is 35.4 Å². The summed E-state index contributed by atoms with van der Waals surface area (Å²) in [6.07, 6.45) is 4.42. The Morgan fingerprint density at radius 1 is 1.33 bits per heavy atom. The zero-order valence-corrected chi connectivity index (χ0v) is 14.4. The summed E-state index contributed by atoms with van der Waals surface area (Å²) < 4.78 is 33.6. The van der Waals surface area contributed by atoms with Crippen molar-refractivity contribution in [1.82, 2.24) is 10.2 Å². The van der Waals surface area contributed by atoms with Crippen LogP contribution in [-0.2, 0) is 9.53 Å². The third-order valence-electron chi connectivity index (χ3n) is 4.42. The molecule has 1 aromatic rings. The van der Waals surface area contributed by atoms with E-state index in [9.17, 15) is 13.6 Å². The van der Waals surface area contributed by atoms with E-state index < -0.39 is 17.7 Å². The van der Waals surface area contributed by atoms with Crippen molar-refractivity contribution < 1.29 is 18.3 Å². The number of hydrogen-bond acceptors (Lipinski definition) is 3. The zero-order chi connectivity index (χ0) is 17.5. The first-order valence-corrected chi connectivity index (χ1v) is 8.47. The molecule has 4 nitrogen and oxygen atoms in total. The Morgan fingerprint density at radius 2 is 2.04 bits per heavy atom. The normalized spacial score (nSPS) is 19.3. The number of rotatable bonds is 7. The van der Waals surface area contributed by atoms with Crippen molar-refractivity contribution in [2.45, 2.75) is 44.2 Å². The number of amides is 1. The SMILES string of the molecule is CN(C)[C@@H](CNC(=O)CC[C@H]1CCCCO1)c1c(F)cccc1F. The van der Waals surface area contributed by atoms with E-state index in [2.05, 4.69) is 5.32 Å². The van der Waals surface area contributed by atoms with Crippen LogP contribution in [0.1, 0.15) is 43.7 Å². The molecule has 1 heterocycles. The van der Waals surface area contributed by atoms with Crippen LogP contribution in [0.2, 0.25) is 0 Å². The standard InChI is InChI=1S/C18H26F2N2O2/c1-22(2)16(18-14(19)7-5-8-15(18)20)12-21-17(23)10-9-13-6-3-4-11-24-13/h5,7-8,13,16H,3-4,6,9-12H2,1-2H3,(H,21,23)/t13-,16+/m1/s1. The van der Waals surface area contributed by atoms with Crippen molar-refractivity contribution in [2.24, 2.45) is 0 Å². The van der Waals surface area contributed by atoms with E-state index in [0.29, 0.717) is 12.8 Å². The van der Waals surface area contributed by atoms with Crippen molar-refractivity contribution >= 4 is 5.91 Å². The van der Waals surface area contributed by atoms with Crippen molar-refractivity contribution in [3.63, 3.8) is 0 Å². The van der Waals surface area contributed by atoms with Gasteiger partial charge in [0.05, 0.1) is 12.1 Å². The first-order chi connectivity index (χ1) is 11.5. The number of benzene rings is 1. The van der Waals surface area contributed by atoms with E-state index in [0.717, 1.165) is 25.9 Å². The van der Waals surface area contributed by atoms with Crippen LogP contribution in [-0.4, -0.2) is 44.2 Å². The minimum atomic E-state index is -0.599. The van der Waals surface area contributed by atoms with Gasteiger partial charge in [0, 0.05) is 25.1 Å². The van der Waals surface area contributed by atoms with Gasteiger partial charge in [0.25, 0.3) is 0 Å². The molecule has 0 spiro atoms. The van der Waals surface area contributed by atoms with E-state index in [1.165, 1.54) is 18.2 Å². The molecule has 0 bridgehead atoms. The molecule has 2 atom stereocenters. The van der Waals surface area contributed by atoms with Crippen LogP contribution in [0.5, 0.6) is 0 Å². The molecular formula is C18H26F2N2O2. The highest BCUT2D eigenvalue weighted by molar-refractivity contribution is 5.75. The number of nitrogens with zero attached hydrogens (tertiary/aromatic N) is 1. The van der Waals surface area contributed by atoms with Gasteiger partial charge >= 0.3 is 0 Å². The van der Waals surface area contributed by atoms with Crippen LogP contribution in [0.4, 0.5) is 8.78 Å². The van der Waals surface area contributed by atoms with Gasteiger partial charge in [-0.05, 0) is 51.9 Å². The minimum absolute atomic E-state index is 0.0154. The minimum Gasteiger partial charge on any atom is -0.378 e.